The Morgan fingerprint density at radius 3 is 2.75 bits per heavy atom. The van der Waals surface area contributed by atoms with Crippen molar-refractivity contribution in [2.75, 3.05) is 0 Å². The van der Waals surface area contributed by atoms with Gasteiger partial charge in [-0.25, -0.2) is 0 Å². The van der Waals surface area contributed by atoms with Gasteiger partial charge in [0.1, 0.15) is 0 Å². The van der Waals surface area contributed by atoms with Crippen molar-refractivity contribution in [1.82, 2.24) is 0 Å². The lowest BCUT2D eigenvalue weighted by atomic mass is 9.98. The van der Waals surface area contributed by atoms with E-state index in [4.69, 9.17) is 5.26 Å². The summed E-state index contributed by atoms with van der Waals surface area (Å²) < 4.78 is 0. The van der Waals surface area contributed by atoms with Crippen LogP contribution < -0.4 is 0 Å². The second-order valence-electron chi connectivity index (χ2n) is 2.90. The second kappa shape index (κ2) is 3.92. The van der Waals surface area contributed by atoms with Crippen molar-refractivity contribution in [3.63, 3.8) is 0 Å². The van der Waals surface area contributed by atoms with Crippen LogP contribution in [0.15, 0.2) is 18.2 Å². The summed E-state index contributed by atoms with van der Waals surface area (Å²) in [6, 6.07) is 8.33. The minimum atomic E-state index is 0.533. The van der Waals surface area contributed by atoms with E-state index in [9.17, 15) is 0 Å². The molecule has 0 aliphatic carbocycles. The first-order chi connectivity index (χ1) is 5.79. The summed E-state index contributed by atoms with van der Waals surface area (Å²) >= 11 is 0. The van der Waals surface area contributed by atoms with Gasteiger partial charge in [0.05, 0.1) is 12.5 Å². The number of hydrogen-bond acceptors (Lipinski definition) is 1. The molecule has 0 aliphatic heterocycles. The molecule has 0 saturated heterocycles. The predicted octanol–water partition coefficient (Wildman–Crippen LogP) is 2.62. The van der Waals surface area contributed by atoms with Gasteiger partial charge < -0.3 is 0 Å². The predicted molar refractivity (Wildman–Crippen MR) is 49.9 cm³/mol. The molecule has 0 saturated carbocycles. The van der Waals surface area contributed by atoms with Crippen LogP contribution in [0.4, 0.5) is 0 Å². The Morgan fingerprint density at radius 2 is 2.17 bits per heavy atom. The number of nitriles is 1. The lowest BCUT2D eigenvalue weighted by Crippen LogP contribution is -1.94. The van der Waals surface area contributed by atoms with E-state index < -0.39 is 0 Å². The van der Waals surface area contributed by atoms with E-state index in [1.54, 1.807) is 0 Å². The minimum absolute atomic E-state index is 0.533. The number of nitrogens with zero attached hydrogens (tertiary/aromatic N) is 1. The van der Waals surface area contributed by atoms with Crippen LogP contribution in [-0.2, 0) is 12.8 Å². The van der Waals surface area contributed by atoms with E-state index in [0.717, 1.165) is 6.42 Å². The van der Waals surface area contributed by atoms with Crippen LogP contribution in [0.1, 0.15) is 23.6 Å². The highest BCUT2D eigenvalue weighted by molar-refractivity contribution is 5.35. The van der Waals surface area contributed by atoms with Crippen molar-refractivity contribution in [1.29, 1.82) is 5.26 Å². The van der Waals surface area contributed by atoms with Gasteiger partial charge in [-0.05, 0) is 30.0 Å². The van der Waals surface area contributed by atoms with Gasteiger partial charge in [0.2, 0.25) is 0 Å². The van der Waals surface area contributed by atoms with Crippen LogP contribution in [0, 0.1) is 18.3 Å². The molecule has 0 heterocycles. The van der Waals surface area contributed by atoms with Gasteiger partial charge in [-0.15, -0.1) is 0 Å². The molecule has 0 unspecified atom stereocenters. The number of hydrogen-bond donors (Lipinski definition) is 0. The molecule has 62 valence electrons. The third kappa shape index (κ3) is 1.65. The van der Waals surface area contributed by atoms with Crippen molar-refractivity contribution in [2.45, 2.75) is 26.7 Å². The summed E-state index contributed by atoms with van der Waals surface area (Å²) in [6.45, 7) is 4.23. The van der Waals surface area contributed by atoms with Gasteiger partial charge in [0.15, 0.2) is 0 Å². The lowest BCUT2D eigenvalue weighted by Gasteiger charge is -2.06. The topological polar surface area (TPSA) is 23.8 Å². The first-order valence-corrected chi connectivity index (χ1v) is 4.24. The molecule has 12 heavy (non-hydrogen) atoms. The first kappa shape index (κ1) is 8.80. The van der Waals surface area contributed by atoms with Crippen molar-refractivity contribution in [3.05, 3.63) is 34.9 Å². The van der Waals surface area contributed by atoms with Crippen molar-refractivity contribution in [3.8, 4) is 6.07 Å². The average molecular weight is 159 g/mol. The van der Waals surface area contributed by atoms with Crippen LogP contribution in [-0.4, -0.2) is 0 Å². The molecule has 0 amide bonds. The molecular weight excluding hydrogens is 146 g/mol. The maximum atomic E-state index is 8.58. The fraction of sp³-hybridized carbons (Fsp3) is 0.364. The Bertz CT molecular complexity index is 307. The normalized spacial score (nSPS) is 9.42. The molecule has 1 aromatic carbocycles. The van der Waals surface area contributed by atoms with Crippen LogP contribution in [0.3, 0.4) is 0 Å². The molecule has 0 radical (unpaired) electrons. The smallest absolute Gasteiger partial charge is 0.0669 e. The molecule has 0 spiro atoms. The Balaban J connectivity index is 3.11. The zero-order valence-corrected chi connectivity index (χ0v) is 7.59. The van der Waals surface area contributed by atoms with Gasteiger partial charge in [0.25, 0.3) is 0 Å². The van der Waals surface area contributed by atoms with Crippen molar-refractivity contribution >= 4 is 0 Å². The van der Waals surface area contributed by atoms with E-state index in [-0.39, 0.29) is 0 Å². The van der Waals surface area contributed by atoms with Crippen LogP contribution in [0.2, 0.25) is 0 Å². The number of aryl methyl sites for hydroxylation is 1. The van der Waals surface area contributed by atoms with E-state index in [1.807, 2.05) is 12.1 Å². The third-order valence-corrected chi connectivity index (χ3v) is 2.13. The Hall–Kier alpha value is -1.29. The summed E-state index contributed by atoms with van der Waals surface area (Å²) in [5.41, 5.74) is 3.81. The molecule has 1 heteroatoms. The summed E-state index contributed by atoms with van der Waals surface area (Å²) in [7, 11) is 0. The summed E-state index contributed by atoms with van der Waals surface area (Å²) in [5.74, 6) is 0. The zero-order valence-electron chi connectivity index (χ0n) is 7.59. The average Bonchev–Trinajstić information content (AvgIpc) is 2.05. The van der Waals surface area contributed by atoms with E-state index in [1.165, 1.54) is 16.7 Å². The molecule has 0 fully saturated rings. The number of benzene rings is 1. The second-order valence-corrected chi connectivity index (χ2v) is 2.90. The maximum Gasteiger partial charge on any atom is 0.0669 e. The molecule has 0 aromatic heterocycles. The van der Waals surface area contributed by atoms with Gasteiger partial charge in [-0.2, -0.15) is 5.26 Å². The molecule has 0 bridgehead atoms. The molecule has 0 aliphatic rings. The summed E-state index contributed by atoms with van der Waals surface area (Å²) in [4.78, 5) is 0. The van der Waals surface area contributed by atoms with E-state index in [0.29, 0.717) is 6.42 Å². The van der Waals surface area contributed by atoms with Gasteiger partial charge in [0, 0.05) is 0 Å². The van der Waals surface area contributed by atoms with Gasteiger partial charge in [-0.1, -0.05) is 25.1 Å². The minimum Gasteiger partial charge on any atom is -0.198 e. The van der Waals surface area contributed by atoms with Crippen LogP contribution in [0.5, 0.6) is 0 Å². The fourth-order valence-corrected chi connectivity index (χ4v) is 1.52. The molecule has 1 rings (SSSR count). The molecule has 0 atom stereocenters. The highest BCUT2D eigenvalue weighted by atomic mass is 14.2. The third-order valence-electron chi connectivity index (χ3n) is 2.13. The van der Waals surface area contributed by atoms with E-state index >= 15 is 0 Å². The fourth-order valence-electron chi connectivity index (χ4n) is 1.52. The highest BCUT2D eigenvalue weighted by Crippen LogP contribution is 2.14. The van der Waals surface area contributed by atoms with Crippen LogP contribution in [0.25, 0.3) is 0 Å². The largest absolute Gasteiger partial charge is 0.198 e. The Morgan fingerprint density at radius 1 is 1.42 bits per heavy atom. The summed E-state index contributed by atoms with van der Waals surface area (Å²) in [6.07, 6.45) is 1.55. The molecule has 1 aromatic rings. The summed E-state index contributed by atoms with van der Waals surface area (Å²) in [5, 5.41) is 8.58. The maximum absolute atomic E-state index is 8.58. The molecule has 1 nitrogen and oxygen atoms in total. The lowest BCUT2D eigenvalue weighted by molar-refractivity contribution is 1.05. The Labute approximate surface area is 73.6 Å². The van der Waals surface area contributed by atoms with E-state index in [2.05, 4.69) is 26.0 Å². The van der Waals surface area contributed by atoms with Gasteiger partial charge >= 0.3 is 0 Å². The van der Waals surface area contributed by atoms with Crippen LogP contribution >= 0.6 is 0 Å². The zero-order chi connectivity index (χ0) is 8.97. The SMILES string of the molecule is CCc1c(C)cccc1CC#N. The highest BCUT2D eigenvalue weighted by Gasteiger charge is 2.01. The molecule has 0 N–H and O–H groups in total. The first-order valence-electron chi connectivity index (χ1n) is 4.24. The molecular formula is C11H13N. The quantitative estimate of drug-likeness (QED) is 0.650. The number of rotatable bonds is 2. The monoisotopic (exact) mass is 159 g/mol. The van der Waals surface area contributed by atoms with Gasteiger partial charge in [-0.3, -0.25) is 0 Å². The van der Waals surface area contributed by atoms with Crippen molar-refractivity contribution in [2.24, 2.45) is 0 Å². The Kier molecular flexibility index (Phi) is 2.88. The van der Waals surface area contributed by atoms with Crippen molar-refractivity contribution < 1.29 is 0 Å². The standard InChI is InChI=1S/C11H13N/c1-3-11-9(2)5-4-6-10(11)7-8-12/h4-6H,3,7H2,1-2H3.